The van der Waals surface area contributed by atoms with E-state index in [0.29, 0.717) is 6.42 Å². The van der Waals surface area contributed by atoms with Gasteiger partial charge in [0.05, 0.1) is 12.7 Å². The van der Waals surface area contributed by atoms with Gasteiger partial charge >= 0.3 is 0 Å². The summed E-state index contributed by atoms with van der Waals surface area (Å²) in [5.74, 6) is 0.0835. The molecule has 0 N–H and O–H groups in total. The summed E-state index contributed by atoms with van der Waals surface area (Å²) in [6, 6.07) is 30.8. The number of carbonyl (C=O) groups is 1. The van der Waals surface area contributed by atoms with Crippen LogP contribution in [-0.4, -0.2) is 11.9 Å². The minimum atomic E-state index is -0.319. The molecule has 1 aliphatic rings. The number of ether oxygens (including phenoxy) is 1. The highest BCUT2D eigenvalue weighted by Gasteiger charge is 2.26. The van der Waals surface area contributed by atoms with Crippen LogP contribution in [0.2, 0.25) is 0 Å². The Bertz CT molecular complexity index is 929. The second-order valence-corrected chi connectivity index (χ2v) is 6.48. The van der Waals surface area contributed by atoms with Gasteiger partial charge in [0.1, 0.15) is 6.10 Å². The fourth-order valence-corrected chi connectivity index (χ4v) is 3.48. The highest BCUT2D eigenvalue weighted by molar-refractivity contribution is 6.02. The lowest BCUT2D eigenvalue weighted by Gasteiger charge is -2.26. The summed E-state index contributed by atoms with van der Waals surface area (Å²) in [6.07, 6.45) is 3.04. The van der Waals surface area contributed by atoms with Gasteiger partial charge in [-0.25, -0.2) is 0 Å². The molecule has 4 rings (SSSR count). The summed E-state index contributed by atoms with van der Waals surface area (Å²) >= 11 is 0. The van der Waals surface area contributed by atoms with Gasteiger partial charge in [-0.15, -0.1) is 0 Å². The topological polar surface area (TPSA) is 26.3 Å². The first-order valence-electron chi connectivity index (χ1n) is 9.08. The Morgan fingerprint density at radius 1 is 0.704 bits per heavy atom. The van der Waals surface area contributed by atoms with Crippen molar-refractivity contribution in [1.82, 2.24) is 0 Å². The predicted molar refractivity (Wildman–Crippen MR) is 109 cm³/mol. The average Bonchev–Trinajstić information content (AvgIpc) is 2.74. The van der Waals surface area contributed by atoms with Gasteiger partial charge in [-0.1, -0.05) is 91.0 Å². The van der Waals surface area contributed by atoms with Crippen LogP contribution in [0.4, 0.5) is 0 Å². The van der Waals surface area contributed by atoms with E-state index in [-0.39, 0.29) is 11.9 Å². The molecule has 1 heterocycles. The summed E-state index contributed by atoms with van der Waals surface area (Å²) in [5, 5.41) is 0. The number of ketones is 1. The average molecular weight is 352 g/mol. The normalized spacial score (nSPS) is 15.9. The molecule has 3 aromatic carbocycles. The van der Waals surface area contributed by atoms with Gasteiger partial charge in [-0.3, -0.25) is 4.79 Å². The van der Waals surface area contributed by atoms with Crippen molar-refractivity contribution in [2.24, 2.45) is 0 Å². The Morgan fingerprint density at radius 3 is 1.67 bits per heavy atom. The molecule has 0 spiro atoms. The van der Waals surface area contributed by atoms with Gasteiger partial charge < -0.3 is 4.74 Å². The molecule has 27 heavy (non-hydrogen) atoms. The number of hydrogen-bond donors (Lipinski definition) is 0. The first kappa shape index (κ1) is 17.0. The molecule has 132 valence electrons. The summed E-state index contributed by atoms with van der Waals surface area (Å²) < 4.78 is 5.93. The first-order chi connectivity index (χ1) is 13.3. The van der Waals surface area contributed by atoms with Gasteiger partial charge in [0, 0.05) is 11.6 Å². The summed E-state index contributed by atoms with van der Waals surface area (Å²) in [7, 11) is 0. The fraction of sp³-hybridized carbons (Fsp3) is 0.0800. The highest BCUT2D eigenvalue weighted by Crippen LogP contribution is 2.37. The monoisotopic (exact) mass is 352 g/mol. The van der Waals surface area contributed by atoms with Gasteiger partial charge in [0.25, 0.3) is 0 Å². The second kappa shape index (κ2) is 7.88. The number of allylic oxidation sites excluding steroid dienone is 1. The van der Waals surface area contributed by atoms with E-state index in [2.05, 4.69) is 36.4 Å². The Morgan fingerprint density at radius 2 is 1.19 bits per heavy atom. The van der Waals surface area contributed by atoms with E-state index in [4.69, 9.17) is 4.74 Å². The van der Waals surface area contributed by atoms with Crippen LogP contribution in [0.25, 0.3) is 11.1 Å². The molecule has 0 bridgehead atoms. The Labute approximate surface area is 159 Å². The SMILES string of the molecule is O=C1C=COC(C(=C(c2ccccc2)c2ccccc2)c2ccccc2)C1. The van der Waals surface area contributed by atoms with Crippen molar-refractivity contribution < 1.29 is 9.53 Å². The molecule has 2 nitrogen and oxygen atoms in total. The summed E-state index contributed by atoms with van der Waals surface area (Å²) in [4.78, 5) is 12.1. The number of hydrogen-bond acceptors (Lipinski definition) is 2. The molecule has 0 aromatic heterocycles. The Hall–Kier alpha value is -3.39. The number of rotatable bonds is 4. The van der Waals surface area contributed by atoms with Crippen LogP contribution in [0.3, 0.4) is 0 Å². The maximum Gasteiger partial charge on any atom is 0.162 e. The third kappa shape index (κ3) is 3.75. The Balaban J connectivity index is 2.01. The fourth-order valence-electron chi connectivity index (χ4n) is 3.48. The van der Waals surface area contributed by atoms with Crippen molar-refractivity contribution in [3.8, 4) is 0 Å². The van der Waals surface area contributed by atoms with E-state index in [0.717, 1.165) is 27.8 Å². The molecule has 0 aliphatic carbocycles. The van der Waals surface area contributed by atoms with Gasteiger partial charge in [0.15, 0.2) is 5.78 Å². The molecule has 0 fully saturated rings. The first-order valence-corrected chi connectivity index (χ1v) is 9.08. The van der Waals surface area contributed by atoms with Crippen LogP contribution in [0.5, 0.6) is 0 Å². The molecule has 3 aromatic rings. The zero-order chi connectivity index (χ0) is 18.5. The van der Waals surface area contributed by atoms with Crippen molar-refractivity contribution in [3.63, 3.8) is 0 Å². The molecule has 0 amide bonds. The van der Waals surface area contributed by atoms with E-state index in [9.17, 15) is 4.79 Å². The van der Waals surface area contributed by atoms with Gasteiger partial charge in [0.2, 0.25) is 0 Å². The van der Waals surface area contributed by atoms with Crippen molar-refractivity contribution in [2.45, 2.75) is 12.5 Å². The zero-order valence-corrected chi connectivity index (χ0v) is 14.9. The van der Waals surface area contributed by atoms with E-state index in [1.165, 1.54) is 12.3 Å². The van der Waals surface area contributed by atoms with Crippen LogP contribution >= 0.6 is 0 Å². The van der Waals surface area contributed by atoms with Crippen LogP contribution < -0.4 is 0 Å². The van der Waals surface area contributed by atoms with Crippen LogP contribution in [0.15, 0.2) is 103 Å². The molecule has 0 radical (unpaired) electrons. The van der Waals surface area contributed by atoms with Crippen molar-refractivity contribution in [1.29, 1.82) is 0 Å². The lowest BCUT2D eigenvalue weighted by atomic mass is 9.85. The molecule has 0 saturated heterocycles. The molecular formula is C25H20O2. The number of carbonyl (C=O) groups excluding carboxylic acids is 1. The van der Waals surface area contributed by atoms with Crippen LogP contribution in [0, 0.1) is 0 Å². The Kier molecular flexibility index (Phi) is 4.97. The molecule has 1 atom stereocenters. The largest absolute Gasteiger partial charge is 0.493 e. The minimum Gasteiger partial charge on any atom is -0.493 e. The molecule has 2 heteroatoms. The van der Waals surface area contributed by atoms with Gasteiger partial charge in [-0.05, 0) is 22.3 Å². The lowest BCUT2D eigenvalue weighted by Crippen LogP contribution is -2.21. The van der Waals surface area contributed by atoms with Gasteiger partial charge in [-0.2, -0.15) is 0 Å². The third-order valence-electron chi connectivity index (χ3n) is 4.68. The maximum absolute atomic E-state index is 12.1. The van der Waals surface area contributed by atoms with Crippen molar-refractivity contribution >= 4 is 16.9 Å². The van der Waals surface area contributed by atoms with E-state index in [1.54, 1.807) is 0 Å². The molecular weight excluding hydrogens is 332 g/mol. The van der Waals surface area contributed by atoms with Crippen LogP contribution in [-0.2, 0) is 9.53 Å². The highest BCUT2D eigenvalue weighted by atomic mass is 16.5. The maximum atomic E-state index is 12.1. The summed E-state index contributed by atoms with van der Waals surface area (Å²) in [5.41, 5.74) is 5.40. The van der Waals surface area contributed by atoms with Crippen LogP contribution in [0.1, 0.15) is 23.1 Å². The predicted octanol–water partition coefficient (Wildman–Crippen LogP) is 5.52. The quantitative estimate of drug-likeness (QED) is 0.578. The molecule has 1 aliphatic heterocycles. The van der Waals surface area contributed by atoms with E-state index < -0.39 is 0 Å². The third-order valence-corrected chi connectivity index (χ3v) is 4.68. The van der Waals surface area contributed by atoms with Crippen molar-refractivity contribution in [2.75, 3.05) is 0 Å². The zero-order valence-electron chi connectivity index (χ0n) is 14.9. The standard InChI is InChI=1S/C25H20O2/c26-22-16-17-27-23(18-22)25(21-14-8-3-9-15-21)24(19-10-4-1-5-11-19)20-12-6-2-7-13-20/h1-17,23H,18H2. The number of benzene rings is 3. The molecule has 0 saturated carbocycles. The van der Waals surface area contributed by atoms with E-state index in [1.807, 2.05) is 54.6 Å². The smallest absolute Gasteiger partial charge is 0.162 e. The molecule has 1 unspecified atom stereocenters. The summed E-state index contributed by atoms with van der Waals surface area (Å²) in [6.45, 7) is 0. The van der Waals surface area contributed by atoms with E-state index >= 15 is 0 Å². The lowest BCUT2D eigenvalue weighted by molar-refractivity contribution is -0.117. The second-order valence-electron chi connectivity index (χ2n) is 6.48. The van der Waals surface area contributed by atoms with Crippen molar-refractivity contribution in [3.05, 3.63) is 120 Å². The minimum absolute atomic E-state index is 0.0835.